The van der Waals surface area contributed by atoms with Gasteiger partial charge in [0, 0.05) is 12.7 Å². The van der Waals surface area contributed by atoms with Gasteiger partial charge in [-0.25, -0.2) is 13.4 Å². The third-order valence-electron chi connectivity index (χ3n) is 6.88. The quantitative estimate of drug-likeness (QED) is 0.549. The van der Waals surface area contributed by atoms with Gasteiger partial charge < -0.3 is 15.1 Å². The van der Waals surface area contributed by atoms with Crippen LogP contribution in [0.3, 0.4) is 0 Å². The Morgan fingerprint density at radius 2 is 1.92 bits per heavy atom. The van der Waals surface area contributed by atoms with E-state index in [1.54, 1.807) is 12.1 Å². The average molecular weight is 517 g/mol. The first-order valence-electron chi connectivity index (χ1n) is 12.4. The highest BCUT2D eigenvalue weighted by molar-refractivity contribution is 7.89. The molecular weight excluding hydrogens is 484 g/mol. The summed E-state index contributed by atoms with van der Waals surface area (Å²) >= 11 is 0. The molecule has 36 heavy (non-hydrogen) atoms. The van der Waals surface area contributed by atoms with E-state index in [0.29, 0.717) is 30.7 Å². The van der Waals surface area contributed by atoms with Crippen LogP contribution in [0.4, 0.5) is 0 Å². The van der Waals surface area contributed by atoms with Gasteiger partial charge in [-0.1, -0.05) is 38.2 Å². The second-order valence-corrected chi connectivity index (χ2v) is 11.3. The number of Topliss-reactive ketones (excluding diaryl/α,β-unsaturated/α-hetero) is 1. The lowest BCUT2D eigenvalue weighted by Gasteiger charge is -2.27. The maximum absolute atomic E-state index is 13.3. The summed E-state index contributed by atoms with van der Waals surface area (Å²) in [6.07, 6.45) is 10.6. The molecule has 2 amide bonds. The Bertz CT molecular complexity index is 1150. The third-order valence-corrected chi connectivity index (χ3v) is 8.64. The van der Waals surface area contributed by atoms with Crippen LogP contribution in [0.2, 0.25) is 0 Å². The van der Waals surface area contributed by atoms with E-state index in [2.05, 4.69) is 15.6 Å². The molecule has 2 aliphatic rings. The molecule has 2 fully saturated rings. The van der Waals surface area contributed by atoms with Gasteiger partial charge >= 0.3 is 0 Å². The van der Waals surface area contributed by atoms with Crippen molar-refractivity contribution in [3.05, 3.63) is 48.6 Å². The molecule has 2 aromatic heterocycles. The first kappa shape index (κ1) is 26.0. The zero-order chi connectivity index (χ0) is 25.5. The topological polar surface area (TPSA) is 139 Å². The molecule has 3 heterocycles. The SMILES string of the molecule is O=C(N[C@@H](CC1CCCCC1)C(=O)NC1CCCN(S(=O)(=O)c2ccccn2)CC1=O)c1ccoc1. The summed E-state index contributed by atoms with van der Waals surface area (Å²) in [5.74, 6) is -0.933. The Hall–Kier alpha value is -3.05. The maximum Gasteiger partial charge on any atom is 0.260 e. The number of amides is 2. The van der Waals surface area contributed by atoms with E-state index in [9.17, 15) is 22.8 Å². The summed E-state index contributed by atoms with van der Waals surface area (Å²) in [7, 11) is -3.92. The molecule has 1 saturated heterocycles. The smallest absolute Gasteiger partial charge is 0.260 e. The van der Waals surface area contributed by atoms with Crippen molar-refractivity contribution in [3.8, 4) is 0 Å². The summed E-state index contributed by atoms with van der Waals surface area (Å²) in [4.78, 5) is 42.9. The molecule has 2 atom stereocenters. The van der Waals surface area contributed by atoms with Crippen molar-refractivity contribution in [2.24, 2.45) is 5.92 Å². The van der Waals surface area contributed by atoms with Crippen LogP contribution < -0.4 is 10.6 Å². The monoisotopic (exact) mass is 516 g/mol. The minimum absolute atomic E-state index is 0.116. The van der Waals surface area contributed by atoms with E-state index >= 15 is 0 Å². The Kier molecular flexibility index (Phi) is 8.52. The number of hydrogen-bond acceptors (Lipinski definition) is 7. The summed E-state index contributed by atoms with van der Waals surface area (Å²) in [5.41, 5.74) is 0.317. The van der Waals surface area contributed by atoms with Crippen molar-refractivity contribution in [2.45, 2.75) is 68.5 Å². The number of aromatic nitrogens is 1. The van der Waals surface area contributed by atoms with Crippen LogP contribution in [0.25, 0.3) is 0 Å². The highest BCUT2D eigenvalue weighted by Crippen LogP contribution is 2.28. The second-order valence-electron chi connectivity index (χ2n) is 9.45. The molecule has 1 aliphatic heterocycles. The highest BCUT2D eigenvalue weighted by Gasteiger charge is 2.35. The summed E-state index contributed by atoms with van der Waals surface area (Å²) in [5, 5.41) is 5.49. The number of nitrogens with zero attached hydrogens (tertiary/aromatic N) is 2. The van der Waals surface area contributed by atoms with Crippen LogP contribution in [0.15, 0.2) is 52.4 Å². The zero-order valence-corrected chi connectivity index (χ0v) is 20.9. The lowest BCUT2D eigenvalue weighted by Crippen LogP contribution is -2.53. The number of ketones is 1. The first-order chi connectivity index (χ1) is 17.3. The van der Waals surface area contributed by atoms with E-state index in [1.807, 2.05) is 0 Å². The van der Waals surface area contributed by atoms with Gasteiger partial charge in [-0.15, -0.1) is 0 Å². The molecule has 2 aromatic rings. The van der Waals surface area contributed by atoms with Crippen molar-refractivity contribution in [1.29, 1.82) is 0 Å². The van der Waals surface area contributed by atoms with E-state index in [-0.39, 0.29) is 18.1 Å². The van der Waals surface area contributed by atoms with E-state index in [0.717, 1.165) is 30.0 Å². The summed E-state index contributed by atoms with van der Waals surface area (Å²) < 4.78 is 32.0. The predicted molar refractivity (Wildman–Crippen MR) is 130 cm³/mol. The number of nitrogens with one attached hydrogen (secondary N) is 2. The second kappa shape index (κ2) is 11.8. The largest absolute Gasteiger partial charge is 0.472 e. The molecule has 4 rings (SSSR count). The minimum atomic E-state index is -3.92. The van der Waals surface area contributed by atoms with Gasteiger partial charge in [-0.3, -0.25) is 14.4 Å². The molecule has 11 heteroatoms. The van der Waals surface area contributed by atoms with Crippen LogP contribution >= 0.6 is 0 Å². The van der Waals surface area contributed by atoms with Gasteiger partial charge in [0.25, 0.3) is 15.9 Å². The number of carbonyl (C=O) groups is 3. The molecule has 0 spiro atoms. The Labute approximate surface area is 210 Å². The van der Waals surface area contributed by atoms with Crippen LogP contribution in [-0.2, 0) is 19.6 Å². The number of rotatable bonds is 8. The molecule has 1 unspecified atom stereocenters. The number of furan rings is 1. The van der Waals surface area contributed by atoms with Crippen molar-refractivity contribution in [3.63, 3.8) is 0 Å². The predicted octanol–water partition coefficient (Wildman–Crippen LogP) is 2.28. The standard InChI is InChI=1S/C25H32N4O6S/c30-22-16-29(36(33,34)23-10-4-5-12-26-23)13-6-9-20(22)27-25(32)21(15-18-7-2-1-3-8-18)28-24(31)19-11-14-35-17-19/h4-5,10-12,14,17-18,20-21H,1-3,6-9,13,15-16H2,(H,27,32)(H,28,31)/t20?,21-/m0/s1. The van der Waals surface area contributed by atoms with Gasteiger partial charge in [-0.05, 0) is 43.4 Å². The number of pyridine rings is 1. The van der Waals surface area contributed by atoms with Gasteiger partial charge in [0.1, 0.15) is 12.3 Å². The zero-order valence-electron chi connectivity index (χ0n) is 20.1. The molecule has 0 radical (unpaired) electrons. The molecule has 0 bridgehead atoms. The lowest BCUT2D eigenvalue weighted by atomic mass is 9.84. The highest BCUT2D eigenvalue weighted by atomic mass is 32.2. The fourth-order valence-corrected chi connectivity index (χ4v) is 6.26. The minimum Gasteiger partial charge on any atom is -0.472 e. The molecule has 194 valence electrons. The Morgan fingerprint density at radius 3 is 2.61 bits per heavy atom. The van der Waals surface area contributed by atoms with Crippen LogP contribution in [-0.4, -0.2) is 60.5 Å². The fraction of sp³-hybridized carbons (Fsp3) is 0.520. The molecule has 1 saturated carbocycles. The van der Waals surface area contributed by atoms with Crippen LogP contribution in [0.1, 0.15) is 61.7 Å². The Morgan fingerprint density at radius 1 is 1.11 bits per heavy atom. The molecular formula is C25H32N4O6S. The summed E-state index contributed by atoms with van der Waals surface area (Å²) in [6, 6.07) is 4.47. The summed E-state index contributed by atoms with van der Waals surface area (Å²) in [6.45, 7) is -0.196. The van der Waals surface area contributed by atoms with Crippen molar-refractivity contribution in [1.82, 2.24) is 19.9 Å². The van der Waals surface area contributed by atoms with Crippen molar-refractivity contribution < 1.29 is 27.2 Å². The van der Waals surface area contributed by atoms with Gasteiger partial charge in [-0.2, -0.15) is 4.31 Å². The number of hydrogen-bond donors (Lipinski definition) is 2. The van der Waals surface area contributed by atoms with Gasteiger partial charge in [0.2, 0.25) is 5.91 Å². The van der Waals surface area contributed by atoms with Gasteiger partial charge in [0.15, 0.2) is 10.8 Å². The maximum atomic E-state index is 13.3. The van der Waals surface area contributed by atoms with E-state index in [4.69, 9.17) is 4.42 Å². The molecule has 10 nitrogen and oxygen atoms in total. The van der Waals surface area contributed by atoms with Gasteiger partial charge in [0.05, 0.1) is 24.4 Å². The fourth-order valence-electron chi connectivity index (χ4n) is 4.88. The Balaban J connectivity index is 1.43. The first-order valence-corrected chi connectivity index (χ1v) is 13.9. The normalized spacial score (nSPS) is 20.9. The molecule has 2 N–H and O–H groups in total. The number of carbonyl (C=O) groups excluding carboxylic acids is 3. The van der Waals surface area contributed by atoms with Crippen molar-refractivity contribution in [2.75, 3.05) is 13.1 Å². The van der Waals surface area contributed by atoms with Crippen LogP contribution in [0.5, 0.6) is 0 Å². The number of sulfonamides is 1. The van der Waals surface area contributed by atoms with E-state index < -0.39 is 39.7 Å². The average Bonchev–Trinajstić information content (AvgIpc) is 3.36. The molecule has 1 aliphatic carbocycles. The van der Waals surface area contributed by atoms with Crippen LogP contribution in [0, 0.1) is 5.92 Å². The third kappa shape index (κ3) is 6.38. The molecule has 0 aromatic carbocycles. The van der Waals surface area contributed by atoms with Crippen molar-refractivity contribution >= 4 is 27.6 Å². The lowest BCUT2D eigenvalue weighted by molar-refractivity contribution is -0.129. The van der Waals surface area contributed by atoms with E-state index in [1.165, 1.54) is 37.3 Å².